The summed E-state index contributed by atoms with van der Waals surface area (Å²) in [5.41, 5.74) is 6.73. The number of carbonyl (C=O) groups is 2. The molecule has 0 heterocycles. The van der Waals surface area contributed by atoms with Crippen LogP contribution in [0, 0.1) is 6.92 Å². The summed E-state index contributed by atoms with van der Waals surface area (Å²) in [7, 11) is 0. The minimum Gasteiger partial charge on any atom is -0.484 e. The Labute approximate surface area is 140 Å². The molecule has 126 valence electrons. The number of hydrogen-bond acceptors (Lipinski definition) is 4. The van der Waals surface area contributed by atoms with Crippen molar-refractivity contribution in [1.82, 2.24) is 0 Å². The fourth-order valence-corrected chi connectivity index (χ4v) is 1.91. The summed E-state index contributed by atoms with van der Waals surface area (Å²) in [6.07, 6.45) is -0.640. The number of amides is 2. The summed E-state index contributed by atoms with van der Waals surface area (Å²) >= 11 is 0. The summed E-state index contributed by atoms with van der Waals surface area (Å²) in [6.45, 7) is 3.48. The number of aryl methyl sites for hydroxylation is 1. The second-order valence-electron chi connectivity index (χ2n) is 5.34. The number of rotatable bonds is 7. The standard InChI is InChI=1S/C18H20N2O4/c1-12-3-7-16(8-4-12)24-13(2)18(22)20-14-5-9-15(10-6-14)23-11-17(19)21/h3-10,13H,11H2,1-2H3,(H2,19,21)(H,20,22). The summed E-state index contributed by atoms with van der Waals surface area (Å²) in [5, 5.41) is 2.75. The van der Waals surface area contributed by atoms with Crippen LogP contribution in [0.5, 0.6) is 11.5 Å². The Balaban J connectivity index is 1.88. The lowest BCUT2D eigenvalue weighted by Crippen LogP contribution is -2.30. The molecule has 24 heavy (non-hydrogen) atoms. The fraction of sp³-hybridized carbons (Fsp3) is 0.222. The van der Waals surface area contributed by atoms with Gasteiger partial charge in [-0.1, -0.05) is 17.7 Å². The molecule has 2 amide bonds. The van der Waals surface area contributed by atoms with E-state index < -0.39 is 12.0 Å². The molecule has 0 saturated heterocycles. The second-order valence-corrected chi connectivity index (χ2v) is 5.34. The maximum atomic E-state index is 12.2. The van der Waals surface area contributed by atoms with Gasteiger partial charge in [0.25, 0.3) is 11.8 Å². The van der Waals surface area contributed by atoms with E-state index in [2.05, 4.69) is 5.32 Å². The predicted octanol–water partition coefficient (Wildman–Crippen LogP) is 2.27. The molecule has 6 heteroatoms. The first-order valence-electron chi connectivity index (χ1n) is 7.49. The molecule has 6 nitrogen and oxygen atoms in total. The quantitative estimate of drug-likeness (QED) is 0.816. The van der Waals surface area contributed by atoms with Crippen LogP contribution in [0.2, 0.25) is 0 Å². The number of primary amides is 1. The van der Waals surface area contributed by atoms with E-state index >= 15 is 0 Å². The molecule has 0 aliphatic carbocycles. The van der Waals surface area contributed by atoms with Crippen molar-refractivity contribution < 1.29 is 19.1 Å². The van der Waals surface area contributed by atoms with Crippen LogP contribution in [0.25, 0.3) is 0 Å². The SMILES string of the molecule is Cc1ccc(OC(C)C(=O)Nc2ccc(OCC(N)=O)cc2)cc1. The van der Waals surface area contributed by atoms with Crippen LogP contribution in [0.3, 0.4) is 0 Å². The largest absolute Gasteiger partial charge is 0.484 e. The van der Waals surface area contributed by atoms with Crippen molar-refractivity contribution in [2.45, 2.75) is 20.0 Å². The molecule has 0 aromatic heterocycles. The van der Waals surface area contributed by atoms with Crippen LogP contribution < -0.4 is 20.5 Å². The van der Waals surface area contributed by atoms with Crippen molar-refractivity contribution in [3.8, 4) is 11.5 Å². The average Bonchev–Trinajstić information content (AvgIpc) is 2.56. The second kappa shape index (κ2) is 8.01. The van der Waals surface area contributed by atoms with Crippen molar-refractivity contribution in [3.05, 3.63) is 54.1 Å². The Hall–Kier alpha value is -3.02. The smallest absolute Gasteiger partial charge is 0.265 e. The van der Waals surface area contributed by atoms with Crippen LogP contribution in [0.15, 0.2) is 48.5 Å². The number of hydrogen-bond donors (Lipinski definition) is 2. The van der Waals surface area contributed by atoms with E-state index in [0.29, 0.717) is 17.2 Å². The molecule has 2 aromatic rings. The van der Waals surface area contributed by atoms with E-state index in [1.165, 1.54) is 0 Å². The number of nitrogens with one attached hydrogen (secondary N) is 1. The molecule has 0 fully saturated rings. The number of nitrogens with two attached hydrogens (primary N) is 1. The van der Waals surface area contributed by atoms with Crippen molar-refractivity contribution in [3.63, 3.8) is 0 Å². The van der Waals surface area contributed by atoms with E-state index in [4.69, 9.17) is 15.2 Å². The van der Waals surface area contributed by atoms with Crippen molar-refractivity contribution in [2.75, 3.05) is 11.9 Å². The molecule has 0 radical (unpaired) electrons. The lowest BCUT2D eigenvalue weighted by atomic mass is 10.2. The molecule has 1 atom stereocenters. The first kappa shape index (κ1) is 17.3. The van der Waals surface area contributed by atoms with Gasteiger partial charge in [-0.2, -0.15) is 0 Å². The highest BCUT2D eigenvalue weighted by molar-refractivity contribution is 5.94. The van der Waals surface area contributed by atoms with Gasteiger partial charge < -0.3 is 20.5 Å². The lowest BCUT2D eigenvalue weighted by molar-refractivity contribution is -0.122. The Morgan fingerprint density at radius 3 is 2.21 bits per heavy atom. The van der Waals surface area contributed by atoms with Crippen LogP contribution in [-0.4, -0.2) is 24.5 Å². The molecular formula is C18H20N2O4. The zero-order valence-electron chi connectivity index (χ0n) is 13.6. The van der Waals surface area contributed by atoms with Gasteiger partial charge in [0.2, 0.25) is 0 Å². The third-order valence-corrected chi connectivity index (χ3v) is 3.21. The maximum Gasteiger partial charge on any atom is 0.265 e. The molecule has 2 aromatic carbocycles. The van der Waals surface area contributed by atoms with Gasteiger partial charge in [0.15, 0.2) is 12.7 Å². The van der Waals surface area contributed by atoms with E-state index in [1.807, 2.05) is 31.2 Å². The normalized spacial score (nSPS) is 11.4. The molecule has 3 N–H and O–H groups in total. The van der Waals surface area contributed by atoms with Gasteiger partial charge in [0.05, 0.1) is 0 Å². The van der Waals surface area contributed by atoms with E-state index in [-0.39, 0.29) is 12.5 Å². The third kappa shape index (κ3) is 5.31. The minimum absolute atomic E-state index is 0.187. The van der Waals surface area contributed by atoms with E-state index in [0.717, 1.165) is 5.56 Å². The minimum atomic E-state index is -0.640. The molecule has 0 spiro atoms. The van der Waals surface area contributed by atoms with E-state index in [1.54, 1.807) is 31.2 Å². The Bertz CT molecular complexity index is 696. The van der Waals surface area contributed by atoms with Crippen molar-refractivity contribution in [1.29, 1.82) is 0 Å². The Morgan fingerprint density at radius 1 is 1.04 bits per heavy atom. The topological polar surface area (TPSA) is 90.7 Å². The molecular weight excluding hydrogens is 308 g/mol. The van der Waals surface area contributed by atoms with Gasteiger partial charge in [-0.15, -0.1) is 0 Å². The summed E-state index contributed by atoms with van der Waals surface area (Å²) < 4.78 is 10.8. The lowest BCUT2D eigenvalue weighted by Gasteiger charge is -2.15. The zero-order chi connectivity index (χ0) is 17.5. The van der Waals surface area contributed by atoms with Crippen LogP contribution in [0.1, 0.15) is 12.5 Å². The zero-order valence-corrected chi connectivity index (χ0v) is 13.6. The van der Waals surface area contributed by atoms with Crippen LogP contribution in [0.4, 0.5) is 5.69 Å². The fourth-order valence-electron chi connectivity index (χ4n) is 1.91. The third-order valence-electron chi connectivity index (χ3n) is 3.21. The van der Waals surface area contributed by atoms with Crippen LogP contribution >= 0.6 is 0 Å². The number of benzene rings is 2. The van der Waals surface area contributed by atoms with Crippen LogP contribution in [-0.2, 0) is 9.59 Å². The molecule has 0 aliphatic rings. The van der Waals surface area contributed by atoms with Gasteiger partial charge >= 0.3 is 0 Å². The van der Waals surface area contributed by atoms with Gasteiger partial charge in [-0.3, -0.25) is 9.59 Å². The van der Waals surface area contributed by atoms with Gasteiger partial charge in [0, 0.05) is 5.69 Å². The van der Waals surface area contributed by atoms with Gasteiger partial charge in [-0.25, -0.2) is 0 Å². The summed E-state index contributed by atoms with van der Waals surface area (Å²) in [6, 6.07) is 14.1. The Kier molecular flexibility index (Phi) is 5.78. The Morgan fingerprint density at radius 2 is 1.62 bits per heavy atom. The highest BCUT2D eigenvalue weighted by Crippen LogP contribution is 2.17. The maximum absolute atomic E-state index is 12.2. The number of carbonyl (C=O) groups excluding carboxylic acids is 2. The first-order valence-corrected chi connectivity index (χ1v) is 7.49. The number of anilines is 1. The predicted molar refractivity (Wildman–Crippen MR) is 91.0 cm³/mol. The monoisotopic (exact) mass is 328 g/mol. The molecule has 2 rings (SSSR count). The summed E-state index contributed by atoms with van der Waals surface area (Å²) in [4.78, 5) is 22.8. The van der Waals surface area contributed by atoms with E-state index in [9.17, 15) is 9.59 Å². The molecule has 0 saturated carbocycles. The highest BCUT2D eigenvalue weighted by atomic mass is 16.5. The highest BCUT2D eigenvalue weighted by Gasteiger charge is 2.14. The molecule has 1 unspecified atom stereocenters. The first-order chi connectivity index (χ1) is 11.4. The average molecular weight is 328 g/mol. The van der Waals surface area contributed by atoms with Gasteiger partial charge in [-0.05, 0) is 50.2 Å². The number of ether oxygens (including phenoxy) is 2. The molecule has 0 aliphatic heterocycles. The molecule has 0 bridgehead atoms. The van der Waals surface area contributed by atoms with Crippen molar-refractivity contribution >= 4 is 17.5 Å². The van der Waals surface area contributed by atoms with Crippen molar-refractivity contribution in [2.24, 2.45) is 5.73 Å². The summed E-state index contributed by atoms with van der Waals surface area (Å²) in [5.74, 6) is 0.324. The van der Waals surface area contributed by atoms with Gasteiger partial charge in [0.1, 0.15) is 11.5 Å².